The highest BCUT2D eigenvalue weighted by atomic mass is 79.9. The molecule has 0 amide bonds. The van der Waals surface area contributed by atoms with Crippen molar-refractivity contribution in [2.75, 3.05) is 6.54 Å². The van der Waals surface area contributed by atoms with Crippen LogP contribution in [0.3, 0.4) is 0 Å². The van der Waals surface area contributed by atoms with Gasteiger partial charge in [0.25, 0.3) is 0 Å². The van der Waals surface area contributed by atoms with E-state index >= 15 is 0 Å². The Bertz CT molecular complexity index is 583. The van der Waals surface area contributed by atoms with Crippen molar-refractivity contribution < 1.29 is 8.78 Å². The highest BCUT2D eigenvalue weighted by molar-refractivity contribution is 9.10. The maximum Gasteiger partial charge on any atom is 0.145 e. The second-order valence-corrected chi connectivity index (χ2v) is 5.07. The van der Waals surface area contributed by atoms with Crippen LogP contribution in [0.4, 0.5) is 8.78 Å². The predicted octanol–water partition coefficient (Wildman–Crippen LogP) is 3.16. The molecule has 0 aliphatic rings. The predicted molar refractivity (Wildman–Crippen MR) is 72.8 cm³/mol. The van der Waals surface area contributed by atoms with E-state index in [0.717, 1.165) is 0 Å². The molecule has 0 saturated carbocycles. The van der Waals surface area contributed by atoms with Gasteiger partial charge in [0, 0.05) is 18.8 Å². The molecule has 1 aromatic carbocycles. The van der Waals surface area contributed by atoms with Crippen molar-refractivity contribution in [3.05, 3.63) is 52.0 Å². The monoisotopic (exact) mass is 329 g/mol. The molecule has 0 fully saturated rings. The quantitative estimate of drug-likeness (QED) is 0.873. The molecule has 102 valence electrons. The van der Waals surface area contributed by atoms with Crippen LogP contribution >= 0.6 is 15.9 Å². The van der Waals surface area contributed by atoms with Crippen molar-refractivity contribution >= 4 is 15.9 Å². The van der Waals surface area contributed by atoms with Gasteiger partial charge in [0.2, 0.25) is 0 Å². The SMILES string of the molecule is CCNC(c1cn(C)cn1)c1c(F)ccc(Br)c1F. The summed E-state index contributed by atoms with van der Waals surface area (Å²) in [6, 6.07) is 1.99. The Balaban J connectivity index is 2.53. The molecule has 0 saturated heterocycles. The lowest BCUT2D eigenvalue weighted by atomic mass is 10.0. The molecule has 19 heavy (non-hydrogen) atoms. The molecule has 1 heterocycles. The number of hydrogen-bond acceptors (Lipinski definition) is 2. The lowest BCUT2D eigenvalue weighted by Crippen LogP contribution is -2.24. The maximum atomic E-state index is 14.2. The minimum atomic E-state index is -0.608. The first-order chi connectivity index (χ1) is 9.04. The largest absolute Gasteiger partial charge is 0.340 e. The maximum absolute atomic E-state index is 14.2. The van der Waals surface area contributed by atoms with E-state index in [1.54, 1.807) is 17.1 Å². The highest BCUT2D eigenvalue weighted by Gasteiger charge is 2.24. The van der Waals surface area contributed by atoms with Gasteiger partial charge in [-0.05, 0) is 34.6 Å². The van der Waals surface area contributed by atoms with Crippen LogP contribution in [-0.4, -0.2) is 16.1 Å². The lowest BCUT2D eigenvalue weighted by molar-refractivity contribution is 0.503. The van der Waals surface area contributed by atoms with Crippen LogP contribution in [0.25, 0.3) is 0 Å². The molecule has 0 spiro atoms. The van der Waals surface area contributed by atoms with Crippen LogP contribution in [0, 0.1) is 11.6 Å². The zero-order chi connectivity index (χ0) is 14.0. The molecular weight excluding hydrogens is 316 g/mol. The smallest absolute Gasteiger partial charge is 0.145 e. The zero-order valence-electron chi connectivity index (χ0n) is 10.6. The minimum absolute atomic E-state index is 0.0186. The topological polar surface area (TPSA) is 29.9 Å². The lowest BCUT2D eigenvalue weighted by Gasteiger charge is -2.18. The number of imidazole rings is 1. The van der Waals surface area contributed by atoms with Gasteiger partial charge in [-0.15, -0.1) is 0 Å². The summed E-state index contributed by atoms with van der Waals surface area (Å²) >= 11 is 3.08. The number of aryl methyl sites for hydroxylation is 1. The minimum Gasteiger partial charge on any atom is -0.340 e. The van der Waals surface area contributed by atoms with Crippen molar-refractivity contribution in [3.63, 3.8) is 0 Å². The molecule has 2 rings (SSSR count). The summed E-state index contributed by atoms with van der Waals surface area (Å²) < 4.78 is 30.1. The van der Waals surface area contributed by atoms with E-state index in [1.807, 2.05) is 14.0 Å². The fourth-order valence-electron chi connectivity index (χ4n) is 1.95. The van der Waals surface area contributed by atoms with E-state index in [9.17, 15) is 8.78 Å². The number of rotatable bonds is 4. The average Bonchev–Trinajstić information content (AvgIpc) is 2.80. The van der Waals surface area contributed by atoms with Crippen molar-refractivity contribution in [2.24, 2.45) is 7.05 Å². The molecule has 1 N–H and O–H groups in total. The number of benzene rings is 1. The van der Waals surface area contributed by atoms with Crippen LogP contribution in [0.1, 0.15) is 24.2 Å². The summed E-state index contributed by atoms with van der Waals surface area (Å²) in [6.07, 6.45) is 3.35. The molecule has 0 aliphatic heterocycles. The first-order valence-electron chi connectivity index (χ1n) is 5.89. The number of hydrogen-bond donors (Lipinski definition) is 1. The van der Waals surface area contributed by atoms with Gasteiger partial charge < -0.3 is 9.88 Å². The number of nitrogens with one attached hydrogen (secondary N) is 1. The van der Waals surface area contributed by atoms with E-state index in [1.165, 1.54) is 12.1 Å². The van der Waals surface area contributed by atoms with Gasteiger partial charge in [0.1, 0.15) is 11.6 Å². The normalized spacial score (nSPS) is 12.7. The Hall–Kier alpha value is -1.27. The van der Waals surface area contributed by atoms with Crippen molar-refractivity contribution in [3.8, 4) is 0 Å². The third-order valence-corrected chi connectivity index (χ3v) is 3.41. The molecule has 0 radical (unpaired) electrons. The van der Waals surface area contributed by atoms with Crippen molar-refractivity contribution in [1.82, 2.24) is 14.9 Å². The third-order valence-electron chi connectivity index (χ3n) is 2.80. The van der Waals surface area contributed by atoms with E-state index in [2.05, 4.69) is 26.2 Å². The second kappa shape index (κ2) is 5.79. The van der Waals surface area contributed by atoms with Gasteiger partial charge in [-0.3, -0.25) is 0 Å². The zero-order valence-corrected chi connectivity index (χ0v) is 12.2. The van der Waals surface area contributed by atoms with Crippen LogP contribution in [0.5, 0.6) is 0 Å². The summed E-state index contributed by atoms with van der Waals surface area (Å²) in [7, 11) is 1.81. The summed E-state index contributed by atoms with van der Waals surface area (Å²) in [5, 5.41) is 3.06. The number of nitrogens with zero attached hydrogens (tertiary/aromatic N) is 2. The Kier molecular flexibility index (Phi) is 4.31. The van der Waals surface area contributed by atoms with Crippen LogP contribution in [-0.2, 0) is 7.05 Å². The molecule has 0 aliphatic carbocycles. The van der Waals surface area contributed by atoms with Gasteiger partial charge in [0.05, 0.1) is 22.5 Å². The molecule has 0 bridgehead atoms. The van der Waals surface area contributed by atoms with Gasteiger partial charge >= 0.3 is 0 Å². The molecule has 1 unspecified atom stereocenters. The van der Waals surface area contributed by atoms with Gasteiger partial charge in [-0.25, -0.2) is 13.8 Å². The fraction of sp³-hybridized carbons (Fsp3) is 0.308. The van der Waals surface area contributed by atoms with Crippen LogP contribution in [0.15, 0.2) is 29.1 Å². The van der Waals surface area contributed by atoms with E-state index in [-0.39, 0.29) is 10.0 Å². The Morgan fingerprint density at radius 1 is 1.42 bits per heavy atom. The van der Waals surface area contributed by atoms with Crippen molar-refractivity contribution in [2.45, 2.75) is 13.0 Å². The van der Waals surface area contributed by atoms with Gasteiger partial charge in [-0.2, -0.15) is 0 Å². The van der Waals surface area contributed by atoms with Crippen LogP contribution in [0.2, 0.25) is 0 Å². The summed E-state index contributed by atoms with van der Waals surface area (Å²) in [5.41, 5.74) is 0.565. The first kappa shape index (κ1) is 14.1. The molecule has 6 heteroatoms. The summed E-state index contributed by atoms with van der Waals surface area (Å²) in [6.45, 7) is 2.45. The molecule has 3 nitrogen and oxygen atoms in total. The molecule has 1 atom stereocenters. The van der Waals surface area contributed by atoms with Gasteiger partial charge in [-0.1, -0.05) is 6.92 Å². The van der Waals surface area contributed by atoms with E-state index < -0.39 is 17.7 Å². The highest BCUT2D eigenvalue weighted by Crippen LogP contribution is 2.30. The second-order valence-electron chi connectivity index (χ2n) is 4.21. The first-order valence-corrected chi connectivity index (χ1v) is 6.68. The average molecular weight is 330 g/mol. The number of aromatic nitrogens is 2. The molecule has 1 aromatic heterocycles. The Labute approximate surface area is 118 Å². The van der Waals surface area contributed by atoms with E-state index in [4.69, 9.17) is 0 Å². The van der Waals surface area contributed by atoms with Crippen molar-refractivity contribution in [1.29, 1.82) is 0 Å². The molecular formula is C13H14BrF2N3. The summed E-state index contributed by atoms with van der Waals surface area (Å²) in [5.74, 6) is -1.19. The standard InChI is InChI=1S/C13H14BrF2N3/c1-3-17-13(10-6-19(2)7-18-10)11-9(15)5-4-8(14)12(11)16/h4-7,13,17H,3H2,1-2H3. The van der Waals surface area contributed by atoms with Crippen LogP contribution < -0.4 is 5.32 Å². The van der Waals surface area contributed by atoms with E-state index in [0.29, 0.717) is 12.2 Å². The third kappa shape index (κ3) is 2.84. The number of halogens is 3. The fourth-order valence-corrected chi connectivity index (χ4v) is 2.29. The molecule has 2 aromatic rings. The Morgan fingerprint density at radius 3 is 2.74 bits per heavy atom. The van der Waals surface area contributed by atoms with Gasteiger partial charge in [0.15, 0.2) is 0 Å². The summed E-state index contributed by atoms with van der Waals surface area (Å²) in [4.78, 5) is 4.17. The Morgan fingerprint density at radius 2 is 2.16 bits per heavy atom.